The number of hydrogen-bond acceptors (Lipinski definition) is 5. The predicted molar refractivity (Wildman–Crippen MR) is 134 cm³/mol. The summed E-state index contributed by atoms with van der Waals surface area (Å²) in [5, 5.41) is 14.7. The molecule has 182 valence electrons. The normalized spacial score (nSPS) is 25.4. The molecule has 1 aromatic heterocycles. The van der Waals surface area contributed by atoms with E-state index >= 15 is 0 Å². The molecule has 1 saturated heterocycles. The fourth-order valence-electron chi connectivity index (χ4n) is 5.93. The fourth-order valence-corrected chi connectivity index (χ4v) is 6.51. The van der Waals surface area contributed by atoms with Gasteiger partial charge in [0, 0.05) is 40.7 Å². The standard InChI is InChI=1S/C27H26Cl2N2O4/c1-14-19-11-18(31(14)17-9-7-16(8-10-17)27(32)33)12-23(19)34-13-20-25(30-35-26(20)15-5-6-15)24-21(28)3-2-4-22(24)29/h2-4,7-10,14-15,18-19,23H,5-6,11-13H2,1H3,(H,32,33)/t14-,18+,19+,23?/m0/s1. The van der Waals surface area contributed by atoms with E-state index < -0.39 is 5.97 Å². The van der Waals surface area contributed by atoms with E-state index in [1.807, 2.05) is 30.3 Å². The molecule has 3 fully saturated rings. The lowest BCUT2D eigenvalue weighted by Crippen LogP contribution is -2.45. The number of hydrogen-bond donors (Lipinski definition) is 1. The Balaban J connectivity index is 1.20. The van der Waals surface area contributed by atoms with E-state index in [4.69, 9.17) is 32.5 Å². The molecular formula is C27H26Cl2N2O4. The van der Waals surface area contributed by atoms with E-state index in [9.17, 15) is 9.90 Å². The first-order valence-electron chi connectivity index (χ1n) is 12.1. The van der Waals surface area contributed by atoms with Gasteiger partial charge in [-0.3, -0.25) is 0 Å². The first-order chi connectivity index (χ1) is 16.9. The highest BCUT2D eigenvalue weighted by molar-refractivity contribution is 6.39. The first kappa shape index (κ1) is 22.9. The van der Waals surface area contributed by atoms with Crippen LogP contribution in [0.5, 0.6) is 0 Å². The molecule has 2 bridgehead atoms. The quantitative estimate of drug-likeness (QED) is 0.375. The van der Waals surface area contributed by atoms with Gasteiger partial charge in [-0.2, -0.15) is 0 Å². The molecule has 0 amide bonds. The van der Waals surface area contributed by atoms with Gasteiger partial charge in [0.05, 0.1) is 28.3 Å². The predicted octanol–water partition coefficient (Wildman–Crippen LogP) is 6.80. The van der Waals surface area contributed by atoms with Gasteiger partial charge in [-0.1, -0.05) is 34.4 Å². The van der Waals surface area contributed by atoms with Crippen molar-refractivity contribution in [2.75, 3.05) is 4.90 Å². The minimum atomic E-state index is -0.905. The zero-order valence-corrected chi connectivity index (χ0v) is 20.8. The van der Waals surface area contributed by atoms with Crippen LogP contribution in [-0.4, -0.2) is 34.4 Å². The summed E-state index contributed by atoms with van der Waals surface area (Å²) >= 11 is 13.0. The van der Waals surface area contributed by atoms with E-state index in [1.54, 1.807) is 12.1 Å². The van der Waals surface area contributed by atoms with E-state index in [0.29, 0.717) is 57.4 Å². The number of ether oxygens (including phenoxy) is 1. The van der Waals surface area contributed by atoms with Crippen LogP contribution in [0.4, 0.5) is 5.69 Å². The van der Waals surface area contributed by atoms with Gasteiger partial charge < -0.3 is 19.3 Å². The van der Waals surface area contributed by atoms with Crippen molar-refractivity contribution >= 4 is 34.9 Å². The lowest BCUT2D eigenvalue weighted by Gasteiger charge is -2.38. The lowest BCUT2D eigenvalue weighted by atomic mass is 9.96. The third-order valence-electron chi connectivity index (χ3n) is 7.80. The second-order valence-electron chi connectivity index (χ2n) is 9.88. The zero-order valence-electron chi connectivity index (χ0n) is 19.3. The monoisotopic (exact) mass is 512 g/mol. The topological polar surface area (TPSA) is 75.8 Å². The summed E-state index contributed by atoms with van der Waals surface area (Å²) in [5.41, 5.74) is 3.71. The molecule has 35 heavy (non-hydrogen) atoms. The van der Waals surface area contributed by atoms with Gasteiger partial charge in [0.2, 0.25) is 0 Å². The van der Waals surface area contributed by atoms with Gasteiger partial charge >= 0.3 is 5.97 Å². The second-order valence-corrected chi connectivity index (χ2v) is 10.7. The maximum Gasteiger partial charge on any atom is 0.335 e. The van der Waals surface area contributed by atoms with E-state index in [-0.39, 0.29) is 6.10 Å². The highest BCUT2D eigenvalue weighted by Crippen LogP contribution is 2.49. The molecule has 2 aromatic carbocycles. The Hall–Kier alpha value is -2.54. The third-order valence-corrected chi connectivity index (χ3v) is 8.43. The van der Waals surface area contributed by atoms with E-state index in [0.717, 1.165) is 42.7 Å². The Labute approximate surface area is 213 Å². The SMILES string of the molecule is C[C@H]1[C@H]2C[C@H](CC2OCc2c(-c3c(Cl)cccc3Cl)noc2C2CC2)N1c1ccc(C(=O)O)cc1. The molecular weight excluding hydrogens is 487 g/mol. The van der Waals surface area contributed by atoms with Crippen LogP contribution in [0, 0.1) is 5.92 Å². The first-order valence-corrected chi connectivity index (χ1v) is 12.8. The van der Waals surface area contributed by atoms with Gasteiger partial charge in [-0.25, -0.2) is 4.79 Å². The highest BCUT2D eigenvalue weighted by Gasteiger charge is 2.50. The third kappa shape index (κ3) is 4.02. The molecule has 0 spiro atoms. The summed E-state index contributed by atoms with van der Waals surface area (Å²) < 4.78 is 12.3. The molecule has 1 N–H and O–H groups in total. The summed E-state index contributed by atoms with van der Waals surface area (Å²) in [6.07, 6.45) is 4.33. The number of benzene rings is 2. The Kier molecular flexibility index (Phi) is 5.78. The summed E-state index contributed by atoms with van der Waals surface area (Å²) in [4.78, 5) is 13.6. The summed E-state index contributed by atoms with van der Waals surface area (Å²) in [6.45, 7) is 2.65. The minimum absolute atomic E-state index is 0.140. The number of nitrogens with zero attached hydrogens (tertiary/aromatic N) is 2. The molecule has 2 heterocycles. The van der Waals surface area contributed by atoms with Crippen LogP contribution in [0.25, 0.3) is 11.3 Å². The van der Waals surface area contributed by atoms with Crippen LogP contribution in [0.15, 0.2) is 47.0 Å². The molecule has 1 unspecified atom stereocenters. The van der Waals surface area contributed by atoms with Crippen molar-refractivity contribution in [2.24, 2.45) is 5.92 Å². The van der Waals surface area contributed by atoms with Crippen LogP contribution >= 0.6 is 23.2 Å². The fraction of sp³-hybridized carbons (Fsp3) is 0.407. The summed E-state index contributed by atoms with van der Waals surface area (Å²) in [6, 6.07) is 13.3. The number of rotatable bonds is 7. The largest absolute Gasteiger partial charge is 0.478 e. The van der Waals surface area contributed by atoms with Crippen molar-refractivity contribution in [3.63, 3.8) is 0 Å². The highest BCUT2D eigenvalue weighted by atomic mass is 35.5. The molecule has 3 aliphatic rings. The Morgan fingerprint density at radius 3 is 2.49 bits per heavy atom. The van der Waals surface area contributed by atoms with E-state index in [1.165, 1.54) is 0 Å². The molecule has 4 atom stereocenters. The number of anilines is 1. The molecule has 8 heteroatoms. The van der Waals surface area contributed by atoms with Gasteiger partial charge in [0.15, 0.2) is 0 Å². The summed E-state index contributed by atoms with van der Waals surface area (Å²) in [7, 11) is 0. The molecule has 6 nitrogen and oxygen atoms in total. The van der Waals surface area contributed by atoms with Crippen molar-refractivity contribution in [1.82, 2.24) is 5.16 Å². The average Bonchev–Trinajstić information content (AvgIpc) is 3.34. The maximum atomic E-state index is 11.2. The van der Waals surface area contributed by atoms with Gasteiger partial charge in [0.25, 0.3) is 0 Å². The van der Waals surface area contributed by atoms with Gasteiger partial charge in [-0.05, 0) is 69.0 Å². The lowest BCUT2D eigenvalue weighted by molar-refractivity contribution is 0.00367. The number of halogens is 2. The number of carboxylic acid groups (broad SMARTS) is 1. The Bertz CT molecular complexity index is 1250. The number of aromatic nitrogens is 1. The van der Waals surface area contributed by atoms with Gasteiger partial charge in [0.1, 0.15) is 11.5 Å². The maximum absolute atomic E-state index is 11.2. The molecule has 2 saturated carbocycles. The molecule has 0 radical (unpaired) electrons. The number of piperidine rings is 1. The number of fused-ring (bicyclic) bond motifs is 2. The van der Waals surface area contributed by atoms with Crippen LogP contribution < -0.4 is 4.90 Å². The second kappa shape index (κ2) is 8.84. The number of aromatic carboxylic acids is 1. The van der Waals surface area contributed by atoms with Crippen molar-refractivity contribution in [3.05, 3.63) is 69.4 Å². The van der Waals surface area contributed by atoms with E-state index in [2.05, 4.69) is 17.0 Å². The smallest absolute Gasteiger partial charge is 0.335 e. The minimum Gasteiger partial charge on any atom is -0.478 e. The Morgan fingerprint density at radius 1 is 1.14 bits per heavy atom. The molecule has 3 aromatic rings. The molecule has 6 rings (SSSR count). The zero-order chi connectivity index (χ0) is 24.3. The Morgan fingerprint density at radius 2 is 1.86 bits per heavy atom. The number of carboxylic acids is 1. The average molecular weight is 513 g/mol. The van der Waals surface area contributed by atoms with Crippen LogP contribution in [-0.2, 0) is 11.3 Å². The van der Waals surface area contributed by atoms with Crippen molar-refractivity contribution < 1.29 is 19.2 Å². The van der Waals surface area contributed by atoms with Crippen LogP contribution in [0.2, 0.25) is 10.0 Å². The van der Waals surface area contributed by atoms with Crippen LogP contribution in [0.3, 0.4) is 0 Å². The number of carbonyl (C=O) groups is 1. The molecule has 2 aliphatic carbocycles. The van der Waals surface area contributed by atoms with Crippen molar-refractivity contribution in [3.8, 4) is 11.3 Å². The van der Waals surface area contributed by atoms with Gasteiger partial charge in [-0.15, -0.1) is 0 Å². The van der Waals surface area contributed by atoms with Crippen LogP contribution in [0.1, 0.15) is 60.2 Å². The molecule has 1 aliphatic heterocycles. The van der Waals surface area contributed by atoms with Crippen molar-refractivity contribution in [2.45, 2.75) is 63.3 Å². The summed E-state index contributed by atoms with van der Waals surface area (Å²) in [5.74, 6) is 0.778. The van der Waals surface area contributed by atoms with Crippen molar-refractivity contribution in [1.29, 1.82) is 0 Å².